The highest BCUT2D eigenvalue weighted by molar-refractivity contribution is 6.29. The third-order valence-corrected chi connectivity index (χ3v) is 3.50. The van der Waals surface area contributed by atoms with E-state index in [1.165, 1.54) is 0 Å². The summed E-state index contributed by atoms with van der Waals surface area (Å²) in [6.07, 6.45) is 0. The Morgan fingerprint density at radius 3 is 2.77 bits per heavy atom. The highest BCUT2D eigenvalue weighted by Crippen LogP contribution is 2.18. The van der Waals surface area contributed by atoms with Crippen LogP contribution in [-0.2, 0) is 11.3 Å². The normalized spacial score (nSPS) is 10.9. The molecule has 3 rings (SSSR count). The zero-order valence-corrected chi connectivity index (χ0v) is 12.8. The molecule has 0 radical (unpaired) electrons. The van der Waals surface area contributed by atoms with Crippen LogP contribution in [0.25, 0.3) is 10.9 Å². The minimum atomic E-state index is -0.439. The standard InChI is InChI=1S/C16H13ClN2O3/c1-9-10(2)22-15(18-9)8-21-16(20)12-3-5-13-11(7-12)4-6-14(17)19-13/h3-7H,8H2,1-2H3. The molecule has 6 heteroatoms. The second-order valence-electron chi connectivity index (χ2n) is 4.87. The van der Waals surface area contributed by atoms with Crippen molar-refractivity contribution in [2.45, 2.75) is 20.5 Å². The number of benzene rings is 1. The minimum absolute atomic E-state index is 0.00438. The van der Waals surface area contributed by atoms with Gasteiger partial charge in [-0.15, -0.1) is 0 Å². The maximum absolute atomic E-state index is 12.1. The van der Waals surface area contributed by atoms with E-state index in [0.717, 1.165) is 22.4 Å². The summed E-state index contributed by atoms with van der Waals surface area (Å²) < 4.78 is 10.6. The van der Waals surface area contributed by atoms with Crippen molar-refractivity contribution >= 4 is 28.5 Å². The lowest BCUT2D eigenvalue weighted by molar-refractivity contribution is 0.0437. The Morgan fingerprint density at radius 1 is 1.23 bits per heavy atom. The Balaban J connectivity index is 1.75. The second kappa shape index (κ2) is 5.77. The molecular formula is C16H13ClN2O3. The molecule has 3 aromatic rings. The molecule has 0 aliphatic carbocycles. The smallest absolute Gasteiger partial charge is 0.338 e. The van der Waals surface area contributed by atoms with Crippen LogP contribution in [0.15, 0.2) is 34.7 Å². The first-order valence-electron chi connectivity index (χ1n) is 6.69. The number of esters is 1. The molecule has 0 aliphatic rings. The Hall–Kier alpha value is -2.40. The number of hydrogen-bond donors (Lipinski definition) is 0. The van der Waals surface area contributed by atoms with Crippen LogP contribution in [0.5, 0.6) is 0 Å². The van der Waals surface area contributed by atoms with Crippen LogP contribution in [0.1, 0.15) is 27.7 Å². The molecule has 1 aromatic carbocycles. The van der Waals surface area contributed by atoms with Crippen molar-refractivity contribution < 1.29 is 13.9 Å². The van der Waals surface area contributed by atoms with E-state index in [-0.39, 0.29) is 6.61 Å². The van der Waals surface area contributed by atoms with E-state index in [0.29, 0.717) is 16.6 Å². The summed E-state index contributed by atoms with van der Waals surface area (Å²) in [6.45, 7) is 3.66. The van der Waals surface area contributed by atoms with E-state index >= 15 is 0 Å². The predicted molar refractivity (Wildman–Crippen MR) is 81.8 cm³/mol. The fraction of sp³-hybridized carbons (Fsp3) is 0.188. The first-order chi connectivity index (χ1) is 10.5. The van der Waals surface area contributed by atoms with Gasteiger partial charge in [0.15, 0.2) is 6.61 Å². The Labute approximate surface area is 131 Å². The highest BCUT2D eigenvalue weighted by atomic mass is 35.5. The summed E-state index contributed by atoms with van der Waals surface area (Å²) in [5, 5.41) is 1.24. The molecule has 0 fully saturated rings. The maximum Gasteiger partial charge on any atom is 0.338 e. The van der Waals surface area contributed by atoms with Crippen molar-refractivity contribution in [3.05, 3.63) is 58.4 Å². The number of aryl methyl sites for hydroxylation is 2. The third-order valence-electron chi connectivity index (χ3n) is 3.29. The van der Waals surface area contributed by atoms with Crippen LogP contribution >= 0.6 is 11.6 Å². The number of nitrogens with zero attached hydrogens (tertiary/aromatic N) is 2. The van der Waals surface area contributed by atoms with Gasteiger partial charge in [0.25, 0.3) is 0 Å². The molecule has 0 amide bonds. The molecule has 0 N–H and O–H groups in total. The molecular weight excluding hydrogens is 304 g/mol. The van der Waals surface area contributed by atoms with Crippen LogP contribution in [0.3, 0.4) is 0 Å². The molecule has 0 atom stereocenters. The minimum Gasteiger partial charge on any atom is -0.452 e. The average molecular weight is 317 g/mol. The Morgan fingerprint density at radius 2 is 2.05 bits per heavy atom. The van der Waals surface area contributed by atoms with Crippen molar-refractivity contribution in [3.8, 4) is 0 Å². The SMILES string of the molecule is Cc1nc(COC(=O)c2ccc3nc(Cl)ccc3c2)oc1C. The van der Waals surface area contributed by atoms with Gasteiger partial charge in [0.1, 0.15) is 10.9 Å². The number of fused-ring (bicyclic) bond motifs is 1. The van der Waals surface area contributed by atoms with E-state index in [1.54, 1.807) is 24.3 Å². The van der Waals surface area contributed by atoms with Gasteiger partial charge in [-0.1, -0.05) is 11.6 Å². The van der Waals surface area contributed by atoms with Gasteiger partial charge in [-0.25, -0.2) is 14.8 Å². The van der Waals surface area contributed by atoms with E-state index in [1.807, 2.05) is 19.9 Å². The molecule has 0 spiro atoms. The topological polar surface area (TPSA) is 65.2 Å². The lowest BCUT2D eigenvalue weighted by Gasteiger charge is -2.04. The van der Waals surface area contributed by atoms with E-state index < -0.39 is 5.97 Å². The largest absolute Gasteiger partial charge is 0.452 e. The number of rotatable bonds is 3. The number of pyridine rings is 1. The van der Waals surface area contributed by atoms with Gasteiger partial charge in [0, 0.05) is 5.39 Å². The first kappa shape index (κ1) is 14.5. The number of ether oxygens (including phenoxy) is 1. The molecule has 22 heavy (non-hydrogen) atoms. The molecule has 0 saturated carbocycles. The van der Waals surface area contributed by atoms with Gasteiger partial charge in [0.2, 0.25) is 5.89 Å². The number of hydrogen-bond acceptors (Lipinski definition) is 5. The van der Waals surface area contributed by atoms with Gasteiger partial charge in [-0.2, -0.15) is 0 Å². The van der Waals surface area contributed by atoms with Crippen molar-refractivity contribution in [1.82, 2.24) is 9.97 Å². The van der Waals surface area contributed by atoms with Gasteiger partial charge in [-0.05, 0) is 44.2 Å². The summed E-state index contributed by atoms with van der Waals surface area (Å²) in [5.74, 6) is 0.669. The molecule has 0 unspecified atom stereocenters. The number of halogens is 1. The quantitative estimate of drug-likeness (QED) is 0.542. The first-order valence-corrected chi connectivity index (χ1v) is 7.07. The van der Waals surface area contributed by atoms with Crippen molar-refractivity contribution in [2.75, 3.05) is 0 Å². The van der Waals surface area contributed by atoms with Gasteiger partial charge >= 0.3 is 5.97 Å². The molecule has 0 bridgehead atoms. The van der Waals surface area contributed by atoms with Crippen LogP contribution in [-0.4, -0.2) is 15.9 Å². The summed E-state index contributed by atoms with van der Waals surface area (Å²) in [7, 11) is 0. The summed E-state index contributed by atoms with van der Waals surface area (Å²) in [5.41, 5.74) is 1.96. The van der Waals surface area contributed by atoms with Gasteiger partial charge in [-0.3, -0.25) is 0 Å². The maximum atomic E-state index is 12.1. The lowest BCUT2D eigenvalue weighted by atomic mass is 10.1. The molecule has 0 aliphatic heterocycles. The predicted octanol–water partition coefficient (Wildman–Crippen LogP) is 3.85. The van der Waals surface area contributed by atoms with Gasteiger partial charge in [0.05, 0.1) is 16.8 Å². The fourth-order valence-electron chi connectivity index (χ4n) is 2.04. The van der Waals surface area contributed by atoms with Crippen molar-refractivity contribution in [2.24, 2.45) is 0 Å². The van der Waals surface area contributed by atoms with Crippen molar-refractivity contribution in [1.29, 1.82) is 0 Å². The van der Waals surface area contributed by atoms with Crippen molar-refractivity contribution in [3.63, 3.8) is 0 Å². The third kappa shape index (κ3) is 2.94. The monoisotopic (exact) mass is 316 g/mol. The number of aromatic nitrogens is 2. The fourth-order valence-corrected chi connectivity index (χ4v) is 2.19. The van der Waals surface area contributed by atoms with E-state index in [2.05, 4.69) is 9.97 Å². The molecule has 0 saturated heterocycles. The van der Waals surface area contributed by atoms with Crippen LogP contribution in [0.4, 0.5) is 0 Å². The number of carbonyl (C=O) groups excluding carboxylic acids is 1. The average Bonchev–Trinajstić information content (AvgIpc) is 2.83. The van der Waals surface area contributed by atoms with E-state index in [4.69, 9.17) is 20.8 Å². The van der Waals surface area contributed by atoms with Crippen LogP contribution in [0.2, 0.25) is 5.15 Å². The van der Waals surface area contributed by atoms with E-state index in [9.17, 15) is 4.79 Å². The Kier molecular flexibility index (Phi) is 3.81. The lowest BCUT2D eigenvalue weighted by Crippen LogP contribution is -2.05. The summed E-state index contributed by atoms with van der Waals surface area (Å²) >= 11 is 5.83. The number of carbonyl (C=O) groups is 1. The second-order valence-corrected chi connectivity index (χ2v) is 5.25. The zero-order chi connectivity index (χ0) is 15.7. The van der Waals surface area contributed by atoms with Crippen LogP contribution in [0, 0.1) is 13.8 Å². The summed E-state index contributed by atoms with van der Waals surface area (Å²) in [4.78, 5) is 20.4. The zero-order valence-electron chi connectivity index (χ0n) is 12.1. The van der Waals surface area contributed by atoms with Crippen LogP contribution < -0.4 is 0 Å². The molecule has 2 heterocycles. The molecule has 2 aromatic heterocycles. The summed E-state index contributed by atoms with van der Waals surface area (Å²) in [6, 6.07) is 8.59. The molecule has 112 valence electrons. The Bertz CT molecular complexity index is 838. The number of oxazole rings is 1. The highest BCUT2D eigenvalue weighted by Gasteiger charge is 2.12. The van der Waals surface area contributed by atoms with Gasteiger partial charge < -0.3 is 9.15 Å². The molecule has 5 nitrogen and oxygen atoms in total.